The average molecular weight is 291 g/mol. The highest BCUT2D eigenvalue weighted by Gasteiger charge is 2.13. The summed E-state index contributed by atoms with van der Waals surface area (Å²) in [7, 11) is 0. The molecular weight excluding hydrogens is 276 g/mol. The summed E-state index contributed by atoms with van der Waals surface area (Å²) in [5, 5.41) is 0. The van der Waals surface area contributed by atoms with E-state index in [2.05, 4.69) is 39.1 Å². The minimum absolute atomic E-state index is 0.341. The van der Waals surface area contributed by atoms with Gasteiger partial charge in [-0.2, -0.15) is 0 Å². The Bertz CT molecular complexity index is 471. The van der Waals surface area contributed by atoms with Crippen molar-refractivity contribution < 1.29 is 0 Å². The Hall–Kier alpha value is -1.19. The van der Waals surface area contributed by atoms with Crippen LogP contribution in [0.15, 0.2) is 53.3 Å². The third-order valence-corrected chi connectivity index (χ3v) is 3.58. The lowest BCUT2D eigenvalue weighted by molar-refractivity contribution is 0.691. The van der Waals surface area contributed by atoms with E-state index in [9.17, 15) is 0 Å². The molecule has 3 heteroatoms. The van der Waals surface area contributed by atoms with Crippen LogP contribution in [-0.2, 0) is 6.42 Å². The number of hydrogen-bond donors (Lipinski definition) is 1. The molecular formula is C14H15BrN2. The second-order valence-corrected chi connectivity index (χ2v) is 4.87. The van der Waals surface area contributed by atoms with E-state index in [0.29, 0.717) is 12.5 Å². The van der Waals surface area contributed by atoms with Gasteiger partial charge < -0.3 is 5.73 Å². The highest BCUT2D eigenvalue weighted by Crippen LogP contribution is 2.26. The SMILES string of the molecule is NCC(Cc1ccncc1)c1ccccc1Br. The predicted molar refractivity (Wildman–Crippen MR) is 73.9 cm³/mol. The van der Waals surface area contributed by atoms with Crippen LogP contribution in [0.3, 0.4) is 0 Å². The summed E-state index contributed by atoms with van der Waals surface area (Å²) in [6.45, 7) is 0.644. The summed E-state index contributed by atoms with van der Waals surface area (Å²) >= 11 is 3.58. The van der Waals surface area contributed by atoms with Gasteiger partial charge in [0.05, 0.1) is 0 Å². The van der Waals surface area contributed by atoms with E-state index in [0.717, 1.165) is 10.9 Å². The fourth-order valence-corrected chi connectivity index (χ4v) is 2.54. The van der Waals surface area contributed by atoms with Crippen molar-refractivity contribution in [1.29, 1.82) is 0 Å². The van der Waals surface area contributed by atoms with Crippen LogP contribution in [0.4, 0.5) is 0 Å². The molecule has 0 bridgehead atoms. The Balaban J connectivity index is 2.21. The Labute approximate surface area is 110 Å². The number of aromatic nitrogens is 1. The number of pyridine rings is 1. The highest BCUT2D eigenvalue weighted by molar-refractivity contribution is 9.10. The molecule has 17 heavy (non-hydrogen) atoms. The van der Waals surface area contributed by atoms with Gasteiger partial charge in [-0.25, -0.2) is 0 Å². The third-order valence-electron chi connectivity index (χ3n) is 2.86. The summed E-state index contributed by atoms with van der Waals surface area (Å²) in [4.78, 5) is 4.03. The summed E-state index contributed by atoms with van der Waals surface area (Å²) in [6.07, 6.45) is 4.59. The first kappa shape index (κ1) is 12.3. The second-order valence-electron chi connectivity index (χ2n) is 4.01. The number of benzene rings is 1. The summed E-state index contributed by atoms with van der Waals surface area (Å²) in [5.41, 5.74) is 8.42. The number of nitrogens with two attached hydrogens (primary N) is 1. The van der Waals surface area contributed by atoms with Crippen molar-refractivity contribution in [2.45, 2.75) is 12.3 Å². The molecule has 2 nitrogen and oxygen atoms in total. The lowest BCUT2D eigenvalue weighted by atomic mass is 9.92. The first-order chi connectivity index (χ1) is 8.31. The molecule has 0 aliphatic rings. The van der Waals surface area contributed by atoms with Gasteiger partial charge in [0.2, 0.25) is 0 Å². The third kappa shape index (κ3) is 3.14. The van der Waals surface area contributed by atoms with Crippen molar-refractivity contribution in [3.05, 3.63) is 64.4 Å². The Kier molecular flexibility index (Phi) is 4.29. The molecule has 0 fully saturated rings. The van der Waals surface area contributed by atoms with Crippen molar-refractivity contribution in [3.8, 4) is 0 Å². The van der Waals surface area contributed by atoms with Crippen molar-refractivity contribution >= 4 is 15.9 Å². The fraction of sp³-hybridized carbons (Fsp3) is 0.214. The molecule has 1 aromatic carbocycles. The Morgan fingerprint density at radius 3 is 2.47 bits per heavy atom. The standard InChI is InChI=1S/C14H15BrN2/c15-14-4-2-1-3-13(14)12(10-16)9-11-5-7-17-8-6-11/h1-8,12H,9-10,16H2. The van der Waals surface area contributed by atoms with Gasteiger partial charge in [0.25, 0.3) is 0 Å². The molecule has 2 N–H and O–H groups in total. The Morgan fingerprint density at radius 2 is 1.82 bits per heavy atom. The van der Waals surface area contributed by atoms with Gasteiger partial charge in [0, 0.05) is 22.8 Å². The molecule has 2 rings (SSSR count). The number of nitrogens with zero attached hydrogens (tertiary/aromatic N) is 1. The van der Waals surface area contributed by atoms with E-state index in [4.69, 9.17) is 5.73 Å². The van der Waals surface area contributed by atoms with E-state index in [1.54, 1.807) is 0 Å². The van der Waals surface area contributed by atoms with Crippen LogP contribution >= 0.6 is 15.9 Å². The molecule has 0 radical (unpaired) electrons. The summed E-state index contributed by atoms with van der Waals surface area (Å²) in [6, 6.07) is 12.3. The largest absolute Gasteiger partial charge is 0.330 e. The maximum atomic E-state index is 5.89. The second kappa shape index (κ2) is 5.94. The molecule has 0 saturated heterocycles. The molecule has 0 spiro atoms. The van der Waals surface area contributed by atoms with Gasteiger partial charge in [-0.05, 0) is 42.3 Å². The molecule has 0 aliphatic heterocycles. The van der Waals surface area contributed by atoms with E-state index < -0.39 is 0 Å². The lowest BCUT2D eigenvalue weighted by Gasteiger charge is -2.16. The molecule has 1 aromatic heterocycles. The van der Waals surface area contributed by atoms with E-state index in [1.807, 2.05) is 30.6 Å². The molecule has 0 amide bonds. The topological polar surface area (TPSA) is 38.9 Å². The Morgan fingerprint density at radius 1 is 1.12 bits per heavy atom. The predicted octanol–water partition coefficient (Wildman–Crippen LogP) is 3.13. The molecule has 0 aliphatic carbocycles. The summed E-state index contributed by atoms with van der Waals surface area (Å²) in [5.74, 6) is 0.341. The van der Waals surface area contributed by atoms with Gasteiger partial charge in [0.15, 0.2) is 0 Å². The molecule has 1 unspecified atom stereocenters. The van der Waals surface area contributed by atoms with Crippen molar-refractivity contribution in [2.24, 2.45) is 5.73 Å². The van der Waals surface area contributed by atoms with Crippen LogP contribution in [0, 0.1) is 0 Å². The quantitative estimate of drug-likeness (QED) is 0.940. The smallest absolute Gasteiger partial charge is 0.0270 e. The van der Waals surface area contributed by atoms with Crippen LogP contribution in [-0.4, -0.2) is 11.5 Å². The van der Waals surface area contributed by atoms with E-state index in [-0.39, 0.29) is 0 Å². The van der Waals surface area contributed by atoms with Crippen LogP contribution in [0.5, 0.6) is 0 Å². The monoisotopic (exact) mass is 290 g/mol. The van der Waals surface area contributed by atoms with Crippen LogP contribution in [0.2, 0.25) is 0 Å². The van der Waals surface area contributed by atoms with Crippen LogP contribution < -0.4 is 5.73 Å². The minimum atomic E-state index is 0.341. The fourth-order valence-electron chi connectivity index (χ4n) is 1.93. The van der Waals surface area contributed by atoms with Gasteiger partial charge in [-0.3, -0.25) is 4.98 Å². The molecule has 88 valence electrons. The molecule has 1 heterocycles. The zero-order chi connectivity index (χ0) is 12.1. The number of halogens is 1. The lowest BCUT2D eigenvalue weighted by Crippen LogP contribution is -2.15. The van der Waals surface area contributed by atoms with E-state index in [1.165, 1.54) is 11.1 Å². The number of rotatable bonds is 4. The van der Waals surface area contributed by atoms with Crippen LogP contribution in [0.25, 0.3) is 0 Å². The van der Waals surface area contributed by atoms with Gasteiger partial charge in [0.1, 0.15) is 0 Å². The van der Waals surface area contributed by atoms with Crippen LogP contribution in [0.1, 0.15) is 17.0 Å². The summed E-state index contributed by atoms with van der Waals surface area (Å²) < 4.78 is 1.13. The first-order valence-electron chi connectivity index (χ1n) is 5.64. The highest BCUT2D eigenvalue weighted by atomic mass is 79.9. The number of hydrogen-bond acceptors (Lipinski definition) is 2. The maximum Gasteiger partial charge on any atom is 0.0270 e. The molecule has 2 aromatic rings. The normalized spacial score (nSPS) is 12.4. The average Bonchev–Trinajstić information content (AvgIpc) is 2.38. The first-order valence-corrected chi connectivity index (χ1v) is 6.44. The van der Waals surface area contributed by atoms with Crippen molar-refractivity contribution in [1.82, 2.24) is 4.98 Å². The maximum absolute atomic E-state index is 5.89. The zero-order valence-corrected chi connectivity index (χ0v) is 11.1. The molecule has 1 atom stereocenters. The minimum Gasteiger partial charge on any atom is -0.330 e. The van der Waals surface area contributed by atoms with Crippen molar-refractivity contribution in [2.75, 3.05) is 6.54 Å². The molecule has 0 saturated carbocycles. The van der Waals surface area contributed by atoms with Gasteiger partial charge in [-0.15, -0.1) is 0 Å². The zero-order valence-electron chi connectivity index (χ0n) is 9.51. The van der Waals surface area contributed by atoms with E-state index >= 15 is 0 Å². The van der Waals surface area contributed by atoms with Gasteiger partial charge >= 0.3 is 0 Å². The van der Waals surface area contributed by atoms with Crippen molar-refractivity contribution in [3.63, 3.8) is 0 Å². The van der Waals surface area contributed by atoms with Gasteiger partial charge in [-0.1, -0.05) is 34.1 Å².